The molecule has 0 bridgehead atoms. The van der Waals surface area contributed by atoms with E-state index in [-0.39, 0.29) is 11.4 Å². The second-order valence-corrected chi connectivity index (χ2v) is 7.56. The van der Waals surface area contributed by atoms with Crippen LogP contribution in [0.25, 0.3) is 11.0 Å². The molecule has 1 aromatic carbocycles. The van der Waals surface area contributed by atoms with E-state index in [4.69, 9.17) is 4.42 Å². The van der Waals surface area contributed by atoms with Crippen LogP contribution in [0.5, 0.6) is 0 Å². The van der Waals surface area contributed by atoms with Gasteiger partial charge in [0.1, 0.15) is 11.4 Å². The molecule has 0 fully saturated rings. The Hall–Kier alpha value is -2.95. The second-order valence-electron chi connectivity index (χ2n) is 7.56. The summed E-state index contributed by atoms with van der Waals surface area (Å²) >= 11 is 0. The highest BCUT2D eigenvalue weighted by atomic mass is 16.4. The van der Waals surface area contributed by atoms with Crippen LogP contribution in [0.3, 0.4) is 0 Å². The molecule has 30 heavy (non-hydrogen) atoms. The van der Waals surface area contributed by atoms with Gasteiger partial charge < -0.3 is 9.32 Å². The molecule has 3 rings (SSSR count). The summed E-state index contributed by atoms with van der Waals surface area (Å²) in [5.41, 5.74) is 3.83. The number of anilines is 1. The fourth-order valence-electron chi connectivity index (χ4n) is 3.86. The summed E-state index contributed by atoms with van der Waals surface area (Å²) in [4.78, 5) is 31.4. The van der Waals surface area contributed by atoms with Crippen molar-refractivity contribution in [3.63, 3.8) is 0 Å². The minimum Gasteiger partial charge on any atom is -0.422 e. The molecule has 0 aliphatic rings. The van der Waals surface area contributed by atoms with E-state index in [1.165, 1.54) is 0 Å². The van der Waals surface area contributed by atoms with Crippen molar-refractivity contribution in [1.82, 2.24) is 4.98 Å². The van der Waals surface area contributed by atoms with E-state index in [1.54, 1.807) is 6.20 Å². The van der Waals surface area contributed by atoms with Crippen molar-refractivity contribution in [2.24, 2.45) is 0 Å². The average Bonchev–Trinajstić information content (AvgIpc) is 2.75. The molecule has 0 aliphatic carbocycles. The van der Waals surface area contributed by atoms with Gasteiger partial charge >= 0.3 is 5.63 Å². The van der Waals surface area contributed by atoms with E-state index in [0.717, 1.165) is 48.3 Å². The predicted molar refractivity (Wildman–Crippen MR) is 121 cm³/mol. The Morgan fingerprint density at radius 2 is 1.87 bits per heavy atom. The topological polar surface area (TPSA) is 63.4 Å². The van der Waals surface area contributed by atoms with E-state index in [2.05, 4.69) is 29.8 Å². The Balaban J connectivity index is 1.66. The fourth-order valence-corrected chi connectivity index (χ4v) is 3.86. The van der Waals surface area contributed by atoms with Crippen LogP contribution in [-0.2, 0) is 17.6 Å². The minimum atomic E-state index is -0.335. The van der Waals surface area contributed by atoms with Gasteiger partial charge in [-0.1, -0.05) is 6.07 Å². The molecule has 0 unspecified atom stereocenters. The maximum Gasteiger partial charge on any atom is 0.339 e. The Kier molecular flexibility index (Phi) is 7.39. The molecule has 2 aromatic heterocycles. The zero-order valence-corrected chi connectivity index (χ0v) is 18.1. The number of pyridine rings is 1. The van der Waals surface area contributed by atoms with E-state index in [0.29, 0.717) is 30.4 Å². The Labute approximate surface area is 177 Å². The number of benzene rings is 1. The van der Waals surface area contributed by atoms with Gasteiger partial charge in [0.15, 0.2) is 0 Å². The van der Waals surface area contributed by atoms with Crippen LogP contribution < -0.4 is 10.5 Å². The van der Waals surface area contributed by atoms with Crippen LogP contribution in [-0.4, -0.2) is 23.9 Å². The van der Waals surface area contributed by atoms with Crippen molar-refractivity contribution in [2.75, 3.05) is 18.0 Å². The zero-order valence-electron chi connectivity index (χ0n) is 18.1. The Morgan fingerprint density at radius 1 is 1.07 bits per heavy atom. The van der Waals surface area contributed by atoms with Crippen molar-refractivity contribution in [1.29, 1.82) is 0 Å². The van der Waals surface area contributed by atoms with Gasteiger partial charge in [0.2, 0.25) is 0 Å². The number of nitrogens with zero attached hydrogens (tertiary/aromatic N) is 2. The number of rotatable bonds is 10. The first-order valence-electron chi connectivity index (χ1n) is 10.8. The third kappa shape index (κ3) is 5.15. The number of carbonyl (C=O) groups is 1. The highest BCUT2D eigenvalue weighted by Crippen LogP contribution is 2.25. The molecule has 0 amide bonds. The molecule has 0 saturated heterocycles. The third-order valence-electron chi connectivity index (χ3n) is 5.67. The molecule has 158 valence electrons. The van der Waals surface area contributed by atoms with Crippen molar-refractivity contribution in [3.8, 4) is 0 Å². The molecule has 2 heterocycles. The van der Waals surface area contributed by atoms with E-state index < -0.39 is 0 Å². The maximum atomic E-state index is 12.6. The monoisotopic (exact) mass is 406 g/mol. The van der Waals surface area contributed by atoms with Gasteiger partial charge in [0.05, 0.1) is 0 Å². The van der Waals surface area contributed by atoms with Gasteiger partial charge in [0.25, 0.3) is 0 Å². The highest BCUT2D eigenvalue weighted by Gasteiger charge is 2.14. The van der Waals surface area contributed by atoms with Crippen LogP contribution in [0.1, 0.15) is 49.9 Å². The van der Waals surface area contributed by atoms with Gasteiger partial charge in [-0.2, -0.15) is 0 Å². The number of carbonyl (C=O) groups excluding carboxylic acids is 1. The van der Waals surface area contributed by atoms with Gasteiger partial charge in [-0.3, -0.25) is 9.78 Å². The largest absolute Gasteiger partial charge is 0.422 e. The molecule has 3 aromatic rings. The van der Waals surface area contributed by atoms with Crippen molar-refractivity contribution in [3.05, 3.63) is 69.8 Å². The standard InChI is InChI=1S/C25H30N2O3/c1-4-27(5-2)20-12-14-22-18(3)23(25(29)30-24(22)17-20)15-13-21(28)11-8-10-19-9-6-7-16-26-19/h6-7,9,12,14,16-17H,4-5,8,10-11,13,15H2,1-3H3. The number of aryl methyl sites for hydroxylation is 2. The Morgan fingerprint density at radius 3 is 2.57 bits per heavy atom. The fraction of sp³-hybridized carbons (Fsp3) is 0.400. The van der Waals surface area contributed by atoms with Crippen LogP contribution in [0, 0.1) is 6.92 Å². The molecule has 0 N–H and O–H groups in total. The molecule has 5 nitrogen and oxygen atoms in total. The van der Waals surface area contributed by atoms with E-state index >= 15 is 0 Å². The highest BCUT2D eigenvalue weighted by molar-refractivity contribution is 5.84. The molecule has 0 atom stereocenters. The molecule has 0 radical (unpaired) electrons. The lowest BCUT2D eigenvalue weighted by molar-refractivity contribution is -0.119. The van der Waals surface area contributed by atoms with E-state index in [1.807, 2.05) is 37.3 Å². The third-order valence-corrected chi connectivity index (χ3v) is 5.67. The van der Waals surface area contributed by atoms with E-state index in [9.17, 15) is 9.59 Å². The van der Waals surface area contributed by atoms with Gasteiger partial charge in [-0.15, -0.1) is 0 Å². The quantitative estimate of drug-likeness (QED) is 0.450. The summed E-state index contributed by atoms with van der Waals surface area (Å²) < 4.78 is 5.62. The van der Waals surface area contributed by atoms with Crippen LogP contribution in [0.4, 0.5) is 5.69 Å². The lowest BCUT2D eigenvalue weighted by atomic mass is 9.99. The number of hydrogen-bond donors (Lipinski definition) is 0. The average molecular weight is 407 g/mol. The number of Topliss-reactive ketones (excluding diaryl/α,β-unsaturated/α-hetero) is 1. The molecular formula is C25H30N2O3. The minimum absolute atomic E-state index is 0.168. The van der Waals surface area contributed by atoms with Crippen LogP contribution >= 0.6 is 0 Å². The SMILES string of the molecule is CCN(CC)c1ccc2c(C)c(CCC(=O)CCCc3ccccn3)c(=O)oc2c1. The second kappa shape index (κ2) is 10.2. The van der Waals surface area contributed by atoms with Gasteiger partial charge in [-0.05, 0) is 69.9 Å². The van der Waals surface area contributed by atoms with Crippen molar-refractivity contribution >= 4 is 22.4 Å². The number of fused-ring (bicyclic) bond motifs is 1. The first-order chi connectivity index (χ1) is 14.5. The lowest BCUT2D eigenvalue weighted by Crippen LogP contribution is -2.21. The smallest absolute Gasteiger partial charge is 0.339 e. The summed E-state index contributed by atoms with van der Waals surface area (Å²) in [6.45, 7) is 7.94. The number of aromatic nitrogens is 1. The molecule has 0 saturated carbocycles. The molecule has 5 heteroatoms. The maximum absolute atomic E-state index is 12.6. The van der Waals surface area contributed by atoms with Crippen LogP contribution in [0.2, 0.25) is 0 Å². The summed E-state index contributed by atoms with van der Waals surface area (Å²) in [5.74, 6) is 0.168. The zero-order chi connectivity index (χ0) is 21.5. The summed E-state index contributed by atoms with van der Waals surface area (Å²) in [7, 11) is 0. The summed E-state index contributed by atoms with van der Waals surface area (Å²) in [5, 5.41) is 0.933. The summed E-state index contributed by atoms with van der Waals surface area (Å²) in [6, 6.07) is 11.8. The van der Waals surface area contributed by atoms with Crippen LogP contribution in [0.15, 0.2) is 51.8 Å². The number of ketones is 1. The lowest BCUT2D eigenvalue weighted by Gasteiger charge is -2.21. The van der Waals surface area contributed by atoms with Gasteiger partial charge in [-0.25, -0.2) is 4.79 Å². The first-order valence-corrected chi connectivity index (χ1v) is 10.8. The molecular weight excluding hydrogens is 376 g/mol. The predicted octanol–water partition coefficient (Wildman–Crippen LogP) is 4.87. The Bertz CT molecular complexity index is 1050. The van der Waals surface area contributed by atoms with Crippen molar-refractivity contribution in [2.45, 2.75) is 52.9 Å². The molecule has 0 spiro atoms. The van der Waals surface area contributed by atoms with Gasteiger partial charge in [0, 0.05) is 60.5 Å². The first kappa shape index (κ1) is 21.8. The summed E-state index contributed by atoms with van der Waals surface area (Å²) in [6.07, 6.45) is 4.61. The molecule has 0 aliphatic heterocycles. The normalized spacial score (nSPS) is 11.0. The number of hydrogen-bond acceptors (Lipinski definition) is 5. The van der Waals surface area contributed by atoms with Crippen molar-refractivity contribution < 1.29 is 9.21 Å².